The van der Waals surface area contributed by atoms with Gasteiger partial charge in [0.25, 0.3) is 0 Å². The number of nitrogens with two attached hydrogens (primary N) is 1. The molecule has 1 saturated heterocycles. The van der Waals surface area contributed by atoms with Crippen LogP contribution in [0.25, 0.3) is 0 Å². The Morgan fingerprint density at radius 2 is 2.05 bits per heavy atom. The lowest BCUT2D eigenvalue weighted by molar-refractivity contribution is 0.325. The van der Waals surface area contributed by atoms with Crippen molar-refractivity contribution in [2.45, 2.75) is 58.9 Å². The van der Waals surface area contributed by atoms with Gasteiger partial charge in [0.15, 0.2) is 0 Å². The van der Waals surface area contributed by atoms with Crippen molar-refractivity contribution in [1.29, 1.82) is 0 Å². The molecule has 0 aliphatic carbocycles. The van der Waals surface area contributed by atoms with E-state index in [0.29, 0.717) is 5.41 Å². The molecular weight excluding hydrogens is 263 g/mol. The Balaban J connectivity index is 2.10. The summed E-state index contributed by atoms with van der Waals surface area (Å²) in [6.45, 7) is 8.57. The third-order valence-electron chi connectivity index (χ3n) is 4.72. The zero-order valence-electron chi connectivity index (χ0n) is 13.7. The van der Waals surface area contributed by atoms with Crippen molar-refractivity contribution >= 4 is 5.69 Å². The van der Waals surface area contributed by atoms with Crippen LogP contribution in [0.15, 0.2) is 18.2 Å². The standard InChI is InChI=1S/C18H29FN2/c1-4-15(20)12-14-6-7-17(16(19)13-14)21-10-5-8-18(2,3)9-11-21/h6-7,13,15H,4-5,8-12,20H2,1-3H3. The van der Waals surface area contributed by atoms with Gasteiger partial charge < -0.3 is 10.6 Å². The minimum Gasteiger partial charge on any atom is -0.369 e. The Bertz CT molecular complexity index is 470. The lowest BCUT2D eigenvalue weighted by Crippen LogP contribution is -2.26. The van der Waals surface area contributed by atoms with Crippen LogP contribution in [-0.4, -0.2) is 19.1 Å². The van der Waals surface area contributed by atoms with Crippen molar-refractivity contribution in [2.75, 3.05) is 18.0 Å². The second kappa shape index (κ2) is 6.78. The van der Waals surface area contributed by atoms with Crippen LogP contribution in [-0.2, 0) is 6.42 Å². The number of hydrogen-bond acceptors (Lipinski definition) is 2. The molecule has 0 aromatic heterocycles. The highest BCUT2D eigenvalue weighted by Crippen LogP contribution is 2.32. The van der Waals surface area contributed by atoms with Crippen molar-refractivity contribution in [3.8, 4) is 0 Å². The Hall–Kier alpha value is -1.09. The van der Waals surface area contributed by atoms with Crippen LogP contribution >= 0.6 is 0 Å². The molecule has 21 heavy (non-hydrogen) atoms. The van der Waals surface area contributed by atoms with Gasteiger partial charge in [-0.1, -0.05) is 26.8 Å². The largest absolute Gasteiger partial charge is 0.369 e. The Morgan fingerprint density at radius 1 is 1.29 bits per heavy atom. The van der Waals surface area contributed by atoms with Gasteiger partial charge in [-0.15, -0.1) is 0 Å². The monoisotopic (exact) mass is 292 g/mol. The van der Waals surface area contributed by atoms with E-state index in [4.69, 9.17) is 5.73 Å². The topological polar surface area (TPSA) is 29.3 Å². The van der Waals surface area contributed by atoms with Crippen LogP contribution < -0.4 is 10.6 Å². The molecule has 2 rings (SSSR count). The van der Waals surface area contributed by atoms with Gasteiger partial charge in [-0.25, -0.2) is 4.39 Å². The van der Waals surface area contributed by atoms with Gasteiger partial charge in [0.1, 0.15) is 5.82 Å². The van der Waals surface area contributed by atoms with Crippen LogP contribution in [0, 0.1) is 11.2 Å². The lowest BCUT2D eigenvalue weighted by Gasteiger charge is -2.25. The molecule has 0 amide bonds. The molecule has 0 spiro atoms. The predicted octanol–water partition coefficient (Wildman–Crippen LogP) is 4.12. The maximum Gasteiger partial charge on any atom is 0.146 e. The maximum atomic E-state index is 14.4. The molecule has 1 atom stereocenters. The molecule has 2 nitrogen and oxygen atoms in total. The second-order valence-electron chi connectivity index (χ2n) is 7.16. The van der Waals surface area contributed by atoms with Crippen molar-refractivity contribution in [3.63, 3.8) is 0 Å². The fourth-order valence-corrected chi connectivity index (χ4v) is 3.04. The number of anilines is 1. The fraction of sp³-hybridized carbons (Fsp3) is 0.667. The van der Waals surface area contributed by atoms with E-state index in [2.05, 4.69) is 25.7 Å². The first kappa shape index (κ1) is 16.3. The molecule has 0 radical (unpaired) electrons. The highest BCUT2D eigenvalue weighted by molar-refractivity contribution is 5.49. The summed E-state index contributed by atoms with van der Waals surface area (Å²) in [5, 5.41) is 0. The highest BCUT2D eigenvalue weighted by atomic mass is 19.1. The third kappa shape index (κ3) is 4.44. The van der Waals surface area contributed by atoms with Gasteiger partial charge in [0, 0.05) is 19.1 Å². The van der Waals surface area contributed by atoms with E-state index in [-0.39, 0.29) is 11.9 Å². The predicted molar refractivity (Wildman–Crippen MR) is 88.2 cm³/mol. The van der Waals surface area contributed by atoms with E-state index in [1.807, 2.05) is 12.1 Å². The third-order valence-corrected chi connectivity index (χ3v) is 4.72. The van der Waals surface area contributed by atoms with Crippen LogP contribution in [0.5, 0.6) is 0 Å². The van der Waals surface area contributed by atoms with Crippen LogP contribution in [0.1, 0.15) is 52.0 Å². The van der Waals surface area contributed by atoms with Crippen molar-refractivity contribution in [2.24, 2.45) is 11.1 Å². The first-order valence-corrected chi connectivity index (χ1v) is 8.20. The minimum atomic E-state index is -0.101. The molecule has 2 N–H and O–H groups in total. The first-order valence-electron chi connectivity index (χ1n) is 8.20. The molecule has 1 aliphatic rings. The van der Waals surface area contributed by atoms with E-state index in [9.17, 15) is 4.39 Å². The second-order valence-corrected chi connectivity index (χ2v) is 7.16. The Labute approximate surface area is 128 Å². The van der Waals surface area contributed by atoms with Gasteiger partial charge >= 0.3 is 0 Å². The van der Waals surface area contributed by atoms with Crippen molar-refractivity contribution in [1.82, 2.24) is 0 Å². The van der Waals surface area contributed by atoms with E-state index in [1.54, 1.807) is 6.07 Å². The zero-order chi connectivity index (χ0) is 15.5. The highest BCUT2D eigenvalue weighted by Gasteiger charge is 2.24. The molecule has 3 heteroatoms. The number of halogens is 1. The Kier molecular flexibility index (Phi) is 5.26. The van der Waals surface area contributed by atoms with E-state index in [0.717, 1.165) is 50.0 Å². The summed E-state index contributed by atoms with van der Waals surface area (Å²) >= 11 is 0. The summed E-state index contributed by atoms with van der Waals surface area (Å²) in [6.07, 6.45) is 5.14. The Morgan fingerprint density at radius 3 is 2.71 bits per heavy atom. The molecule has 1 unspecified atom stereocenters. The van der Waals surface area contributed by atoms with Crippen molar-refractivity contribution in [3.05, 3.63) is 29.6 Å². The minimum absolute atomic E-state index is 0.101. The zero-order valence-corrected chi connectivity index (χ0v) is 13.7. The number of benzene rings is 1. The van der Waals surface area contributed by atoms with E-state index < -0.39 is 0 Å². The van der Waals surface area contributed by atoms with Gasteiger partial charge in [-0.3, -0.25) is 0 Å². The first-order chi connectivity index (χ1) is 9.91. The van der Waals surface area contributed by atoms with Gasteiger partial charge in [0.2, 0.25) is 0 Å². The summed E-state index contributed by atoms with van der Waals surface area (Å²) in [6, 6.07) is 5.75. The normalized spacial score (nSPS) is 20.1. The van der Waals surface area contributed by atoms with E-state index in [1.165, 1.54) is 6.42 Å². The smallest absolute Gasteiger partial charge is 0.146 e. The van der Waals surface area contributed by atoms with Gasteiger partial charge in [0.05, 0.1) is 5.69 Å². The maximum absolute atomic E-state index is 14.4. The van der Waals surface area contributed by atoms with Crippen LogP contribution in [0.2, 0.25) is 0 Å². The average Bonchev–Trinajstić information content (AvgIpc) is 2.60. The SMILES string of the molecule is CCC(N)Cc1ccc(N2CCCC(C)(C)CC2)c(F)c1. The average molecular weight is 292 g/mol. The summed E-state index contributed by atoms with van der Waals surface area (Å²) in [4.78, 5) is 2.20. The molecule has 0 saturated carbocycles. The summed E-state index contributed by atoms with van der Waals surface area (Å²) < 4.78 is 14.4. The quantitative estimate of drug-likeness (QED) is 0.904. The van der Waals surface area contributed by atoms with Crippen molar-refractivity contribution < 1.29 is 4.39 Å². The molecule has 118 valence electrons. The fourth-order valence-electron chi connectivity index (χ4n) is 3.04. The molecular formula is C18H29FN2. The van der Waals surface area contributed by atoms with Gasteiger partial charge in [-0.05, 0) is 55.2 Å². The van der Waals surface area contributed by atoms with Crippen LogP contribution in [0.4, 0.5) is 10.1 Å². The van der Waals surface area contributed by atoms with Gasteiger partial charge in [-0.2, -0.15) is 0 Å². The van der Waals surface area contributed by atoms with E-state index >= 15 is 0 Å². The molecule has 1 heterocycles. The van der Waals surface area contributed by atoms with Crippen LogP contribution in [0.3, 0.4) is 0 Å². The summed E-state index contributed by atoms with van der Waals surface area (Å²) in [5.41, 5.74) is 8.08. The summed E-state index contributed by atoms with van der Waals surface area (Å²) in [7, 11) is 0. The molecule has 1 aromatic rings. The lowest BCUT2D eigenvalue weighted by atomic mass is 9.85. The number of rotatable bonds is 4. The number of hydrogen-bond donors (Lipinski definition) is 1. The molecule has 1 aromatic carbocycles. The summed E-state index contributed by atoms with van der Waals surface area (Å²) in [5.74, 6) is -0.101. The molecule has 0 bridgehead atoms. The molecule has 1 fully saturated rings. The molecule has 1 aliphatic heterocycles. The number of nitrogens with zero attached hydrogens (tertiary/aromatic N) is 1.